The number of carbonyl (C=O) groups is 1. The first-order valence-corrected chi connectivity index (χ1v) is 9.83. The van der Waals surface area contributed by atoms with E-state index in [1.54, 1.807) is 0 Å². The normalized spacial score (nSPS) is 15.0. The molecule has 1 saturated heterocycles. The number of para-hydroxylation sites is 3. The molecular formula is C23H25NO4. The van der Waals surface area contributed by atoms with Crippen LogP contribution in [0.3, 0.4) is 0 Å². The molecule has 0 unspecified atom stereocenters. The number of hydrogen-bond acceptors (Lipinski definition) is 4. The van der Waals surface area contributed by atoms with Gasteiger partial charge in [-0.2, -0.15) is 0 Å². The van der Waals surface area contributed by atoms with E-state index in [0.29, 0.717) is 25.5 Å². The van der Waals surface area contributed by atoms with Crippen LogP contribution in [0.25, 0.3) is 11.0 Å². The van der Waals surface area contributed by atoms with Crippen LogP contribution in [0.2, 0.25) is 0 Å². The summed E-state index contributed by atoms with van der Waals surface area (Å²) in [5.74, 6) is 1.94. The number of hydrogen-bond donors (Lipinski definition) is 0. The van der Waals surface area contributed by atoms with Gasteiger partial charge in [-0.3, -0.25) is 4.79 Å². The minimum absolute atomic E-state index is 0.0399. The third-order valence-corrected chi connectivity index (χ3v) is 5.21. The maximum atomic E-state index is 13.0. The second-order valence-corrected chi connectivity index (χ2v) is 7.04. The molecule has 0 aliphatic carbocycles. The van der Waals surface area contributed by atoms with Crippen LogP contribution < -0.4 is 9.47 Å². The van der Waals surface area contributed by atoms with Crippen LogP contribution >= 0.6 is 0 Å². The highest BCUT2D eigenvalue weighted by Gasteiger charge is 2.28. The Kier molecular flexibility index (Phi) is 5.24. The summed E-state index contributed by atoms with van der Waals surface area (Å²) in [7, 11) is 0. The molecule has 2 heterocycles. The van der Waals surface area contributed by atoms with E-state index < -0.39 is 0 Å². The lowest BCUT2D eigenvalue weighted by atomic mass is 10.1. The molecule has 0 spiro atoms. The molecule has 5 heteroatoms. The van der Waals surface area contributed by atoms with Crippen molar-refractivity contribution in [2.75, 3.05) is 19.7 Å². The van der Waals surface area contributed by atoms with Crippen LogP contribution in [0.15, 0.2) is 52.9 Å². The van der Waals surface area contributed by atoms with Crippen LogP contribution in [-0.4, -0.2) is 36.6 Å². The molecule has 0 bridgehead atoms. The lowest BCUT2D eigenvalue weighted by Crippen LogP contribution is -2.41. The first-order chi connectivity index (χ1) is 13.7. The molecule has 1 aliphatic heterocycles. The van der Waals surface area contributed by atoms with Crippen molar-refractivity contribution in [1.82, 2.24) is 4.90 Å². The molecule has 146 valence electrons. The topological polar surface area (TPSA) is 51.9 Å². The number of rotatable bonds is 5. The van der Waals surface area contributed by atoms with E-state index in [1.807, 2.05) is 67.3 Å². The Labute approximate surface area is 164 Å². The van der Waals surface area contributed by atoms with Gasteiger partial charge in [0, 0.05) is 36.9 Å². The molecule has 0 N–H and O–H groups in total. The van der Waals surface area contributed by atoms with Gasteiger partial charge in [-0.1, -0.05) is 30.3 Å². The Morgan fingerprint density at radius 2 is 1.75 bits per heavy atom. The third kappa shape index (κ3) is 3.57. The Morgan fingerprint density at radius 3 is 2.46 bits per heavy atom. The fourth-order valence-electron chi connectivity index (χ4n) is 3.70. The van der Waals surface area contributed by atoms with E-state index in [0.717, 1.165) is 40.9 Å². The summed E-state index contributed by atoms with van der Waals surface area (Å²) in [5, 5.41) is 0.997. The van der Waals surface area contributed by atoms with Crippen molar-refractivity contribution in [1.29, 1.82) is 0 Å². The second-order valence-electron chi connectivity index (χ2n) is 7.04. The highest BCUT2D eigenvalue weighted by Crippen LogP contribution is 2.30. The monoisotopic (exact) mass is 379 g/mol. The van der Waals surface area contributed by atoms with Crippen LogP contribution in [0.1, 0.15) is 35.9 Å². The van der Waals surface area contributed by atoms with Gasteiger partial charge in [-0.05, 0) is 32.0 Å². The predicted molar refractivity (Wildman–Crippen MR) is 108 cm³/mol. The number of ether oxygens (including phenoxy) is 2. The van der Waals surface area contributed by atoms with Gasteiger partial charge in [0.15, 0.2) is 17.3 Å². The van der Waals surface area contributed by atoms with Crippen molar-refractivity contribution in [3.8, 4) is 11.5 Å². The zero-order chi connectivity index (χ0) is 19.5. The van der Waals surface area contributed by atoms with Crippen LogP contribution in [0.4, 0.5) is 0 Å². The fourth-order valence-corrected chi connectivity index (χ4v) is 3.70. The van der Waals surface area contributed by atoms with Crippen LogP contribution in [0, 0.1) is 6.92 Å². The minimum atomic E-state index is -0.0399. The summed E-state index contributed by atoms with van der Waals surface area (Å²) in [6.45, 7) is 5.80. The van der Waals surface area contributed by atoms with Crippen LogP contribution in [-0.2, 0) is 0 Å². The quantitative estimate of drug-likeness (QED) is 0.637. The smallest absolute Gasteiger partial charge is 0.289 e. The molecule has 1 aromatic heterocycles. The number of fused-ring (bicyclic) bond motifs is 1. The van der Waals surface area contributed by atoms with Crippen molar-refractivity contribution < 1.29 is 18.7 Å². The number of piperidine rings is 1. The largest absolute Gasteiger partial charge is 0.490 e. The average Bonchev–Trinajstić information content (AvgIpc) is 3.07. The molecule has 1 fully saturated rings. The zero-order valence-electron chi connectivity index (χ0n) is 16.3. The first kappa shape index (κ1) is 18.4. The zero-order valence-corrected chi connectivity index (χ0v) is 16.3. The summed E-state index contributed by atoms with van der Waals surface area (Å²) in [4.78, 5) is 14.8. The van der Waals surface area contributed by atoms with Gasteiger partial charge in [0.05, 0.1) is 6.61 Å². The van der Waals surface area contributed by atoms with E-state index in [9.17, 15) is 4.79 Å². The van der Waals surface area contributed by atoms with Gasteiger partial charge < -0.3 is 18.8 Å². The summed E-state index contributed by atoms with van der Waals surface area (Å²) in [6.07, 6.45) is 1.64. The number of aryl methyl sites for hydroxylation is 1. The Hall–Kier alpha value is -2.95. The van der Waals surface area contributed by atoms with E-state index in [4.69, 9.17) is 13.9 Å². The van der Waals surface area contributed by atoms with Crippen molar-refractivity contribution in [3.05, 3.63) is 59.9 Å². The predicted octanol–water partition coefficient (Wildman–Crippen LogP) is 4.82. The van der Waals surface area contributed by atoms with Crippen molar-refractivity contribution in [2.24, 2.45) is 0 Å². The van der Waals surface area contributed by atoms with Gasteiger partial charge in [0.25, 0.3) is 5.91 Å². The Balaban J connectivity index is 1.41. The molecule has 0 saturated carbocycles. The summed E-state index contributed by atoms with van der Waals surface area (Å²) in [6, 6.07) is 15.5. The van der Waals surface area contributed by atoms with Gasteiger partial charge in [0.2, 0.25) is 0 Å². The van der Waals surface area contributed by atoms with Crippen LogP contribution in [0.5, 0.6) is 11.5 Å². The van der Waals surface area contributed by atoms with E-state index in [-0.39, 0.29) is 12.0 Å². The molecule has 0 atom stereocenters. The second kappa shape index (κ2) is 7.97. The Morgan fingerprint density at radius 1 is 1.07 bits per heavy atom. The molecule has 1 aliphatic rings. The highest BCUT2D eigenvalue weighted by molar-refractivity contribution is 5.98. The van der Waals surface area contributed by atoms with E-state index in [1.165, 1.54) is 0 Å². The number of nitrogens with zero attached hydrogens (tertiary/aromatic N) is 1. The maximum Gasteiger partial charge on any atom is 0.289 e. The molecule has 28 heavy (non-hydrogen) atoms. The maximum absolute atomic E-state index is 13.0. The number of amides is 1. The minimum Gasteiger partial charge on any atom is -0.490 e. The fraction of sp³-hybridized carbons (Fsp3) is 0.348. The van der Waals surface area contributed by atoms with Crippen molar-refractivity contribution in [3.63, 3.8) is 0 Å². The summed E-state index contributed by atoms with van der Waals surface area (Å²) in [5.41, 5.74) is 1.67. The first-order valence-electron chi connectivity index (χ1n) is 9.83. The van der Waals surface area contributed by atoms with Crippen molar-refractivity contribution in [2.45, 2.75) is 32.8 Å². The molecule has 4 rings (SSSR count). The van der Waals surface area contributed by atoms with Gasteiger partial charge in [-0.15, -0.1) is 0 Å². The SMILES string of the molecule is CCOc1ccccc1OC1CCN(C(=O)c2oc3ccccc3c2C)CC1. The Bertz CT molecular complexity index is 970. The molecule has 3 aromatic rings. The lowest BCUT2D eigenvalue weighted by Gasteiger charge is -2.32. The molecular weight excluding hydrogens is 354 g/mol. The standard InChI is InChI=1S/C23H25NO4/c1-3-26-20-10-6-7-11-21(20)27-17-12-14-24(15-13-17)23(25)22-16(2)18-8-4-5-9-19(18)28-22/h4-11,17H,3,12-15H2,1-2H3. The summed E-state index contributed by atoms with van der Waals surface area (Å²) >= 11 is 0. The summed E-state index contributed by atoms with van der Waals surface area (Å²) < 4.78 is 17.6. The number of furan rings is 1. The average molecular weight is 379 g/mol. The third-order valence-electron chi connectivity index (χ3n) is 5.21. The van der Waals surface area contributed by atoms with E-state index in [2.05, 4.69) is 0 Å². The highest BCUT2D eigenvalue weighted by atomic mass is 16.5. The number of benzene rings is 2. The van der Waals surface area contributed by atoms with Gasteiger partial charge in [0.1, 0.15) is 11.7 Å². The van der Waals surface area contributed by atoms with Gasteiger partial charge in [-0.25, -0.2) is 0 Å². The number of likely N-dealkylation sites (tertiary alicyclic amines) is 1. The molecule has 1 amide bonds. The van der Waals surface area contributed by atoms with Crippen molar-refractivity contribution >= 4 is 16.9 Å². The number of carbonyl (C=O) groups excluding carboxylic acids is 1. The lowest BCUT2D eigenvalue weighted by molar-refractivity contribution is 0.0562. The molecule has 5 nitrogen and oxygen atoms in total. The molecule has 0 radical (unpaired) electrons. The van der Waals surface area contributed by atoms with E-state index >= 15 is 0 Å². The van der Waals surface area contributed by atoms with Gasteiger partial charge >= 0.3 is 0 Å². The molecule has 2 aromatic carbocycles.